The second kappa shape index (κ2) is 8.41. The van der Waals surface area contributed by atoms with Gasteiger partial charge in [-0.1, -0.05) is 84.9 Å². The first-order valence-corrected chi connectivity index (χ1v) is 16.9. The Kier molecular flexibility index (Phi) is 4.94. The van der Waals surface area contributed by atoms with E-state index in [9.17, 15) is 0 Å². The molecule has 1 aliphatic carbocycles. The van der Waals surface area contributed by atoms with E-state index in [1.165, 1.54) is 59.4 Å². The minimum atomic E-state index is -0.414. The highest BCUT2D eigenvalue weighted by atomic mass is 31.1. The number of rotatable bonds is 2. The average molecular weight is 522 g/mol. The Morgan fingerprint density at radius 2 is 1.26 bits per heavy atom. The molecule has 0 spiro atoms. The first kappa shape index (κ1) is 22.3. The van der Waals surface area contributed by atoms with Crippen LogP contribution in [0.1, 0.15) is 10.9 Å². The van der Waals surface area contributed by atoms with Crippen LogP contribution in [0, 0.1) is 0 Å². The Hall–Kier alpha value is -3.69. The van der Waals surface area contributed by atoms with Crippen molar-refractivity contribution in [3.05, 3.63) is 120 Å². The monoisotopic (exact) mass is 521 g/mol. The predicted molar refractivity (Wildman–Crippen MR) is 172 cm³/mol. The van der Waals surface area contributed by atoms with Crippen molar-refractivity contribution in [3.63, 3.8) is 0 Å². The third kappa shape index (κ3) is 3.15. The summed E-state index contributed by atoms with van der Waals surface area (Å²) in [5.41, 5.74) is 6.80. The smallest absolute Gasteiger partial charge is 0.112 e. The van der Waals surface area contributed by atoms with Gasteiger partial charge < -0.3 is 0 Å². The zero-order chi connectivity index (χ0) is 25.4. The van der Waals surface area contributed by atoms with E-state index in [-0.39, 0.29) is 0 Å². The number of fused-ring (bicyclic) bond motifs is 6. The molecule has 8 rings (SSSR count). The highest BCUT2D eigenvalue weighted by Crippen LogP contribution is 2.55. The molecule has 0 amide bonds. The first-order valence-electron chi connectivity index (χ1n) is 13.3. The van der Waals surface area contributed by atoms with Crippen LogP contribution in [-0.4, -0.2) is 0 Å². The van der Waals surface area contributed by atoms with Crippen LogP contribution in [-0.2, 0) is 19.8 Å². The van der Waals surface area contributed by atoms with Crippen molar-refractivity contribution in [2.24, 2.45) is 13.3 Å². The van der Waals surface area contributed by atoms with Crippen LogP contribution in [0.5, 0.6) is 0 Å². The summed E-state index contributed by atoms with van der Waals surface area (Å²) in [7, 11) is -0.816. The maximum absolute atomic E-state index is 2.57. The predicted octanol–water partition coefficient (Wildman–Crippen LogP) is 11.5. The minimum absolute atomic E-state index is 0.401. The largest absolute Gasteiger partial charge is 0.157 e. The van der Waals surface area contributed by atoms with Gasteiger partial charge in [0, 0.05) is 21.0 Å². The Morgan fingerprint density at radius 1 is 0.605 bits per heavy atom. The van der Waals surface area contributed by atoms with Gasteiger partial charge in [-0.25, -0.2) is 0 Å². The molecule has 0 bridgehead atoms. The Morgan fingerprint density at radius 3 is 1.97 bits per heavy atom. The van der Waals surface area contributed by atoms with Gasteiger partial charge in [0.2, 0.25) is 0 Å². The molecule has 1 aliphatic rings. The molecule has 0 nitrogen and oxygen atoms in total. The van der Waals surface area contributed by atoms with Crippen molar-refractivity contribution in [2.75, 3.05) is 0 Å². The molecule has 2 heterocycles. The SMILES string of the molecule is Cp1c2cc(-c3ccccc3)ccc2c2c3c4c([p+](C)c5cc(-c6ccccc6)ccc5c4cc21)C=CC3. The molecule has 180 valence electrons. The molecule has 38 heavy (non-hydrogen) atoms. The summed E-state index contributed by atoms with van der Waals surface area (Å²) in [6, 6.07) is 38.6. The second-order valence-corrected chi connectivity index (χ2v) is 14.6. The molecule has 0 fully saturated rings. The lowest BCUT2D eigenvalue weighted by Crippen LogP contribution is -1.95. The molecule has 0 radical (unpaired) electrons. The topological polar surface area (TPSA) is 0 Å². The molecule has 2 heteroatoms. The lowest BCUT2D eigenvalue weighted by Gasteiger charge is -2.15. The summed E-state index contributed by atoms with van der Waals surface area (Å²) in [6.45, 7) is 4.92. The highest BCUT2D eigenvalue weighted by Gasteiger charge is 2.26. The quantitative estimate of drug-likeness (QED) is 0.199. The maximum atomic E-state index is 2.57. The van der Waals surface area contributed by atoms with Gasteiger partial charge in [0.1, 0.15) is 14.2 Å². The summed E-state index contributed by atoms with van der Waals surface area (Å²) in [5.74, 6) is 0. The zero-order valence-electron chi connectivity index (χ0n) is 21.6. The van der Waals surface area contributed by atoms with E-state index in [1.54, 1.807) is 16.0 Å². The summed E-state index contributed by atoms with van der Waals surface area (Å²) < 4.78 is 0. The molecule has 2 atom stereocenters. The fourth-order valence-corrected chi connectivity index (χ4v) is 10.7. The van der Waals surface area contributed by atoms with Crippen LogP contribution in [0.25, 0.3) is 70.6 Å². The Balaban J connectivity index is 1.47. The fourth-order valence-electron chi connectivity index (χ4n) is 6.59. The summed E-state index contributed by atoms with van der Waals surface area (Å²) in [6.07, 6.45) is 5.88. The van der Waals surface area contributed by atoms with E-state index < -0.39 is 15.1 Å². The Labute approximate surface area is 225 Å². The molecule has 2 unspecified atom stereocenters. The van der Waals surface area contributed by atoms with Crippen LogP contribution >= 0.6 is 15.1 Å². The van der Waals surface area contributed by atoms with Crippen LogP contribution in [0.3, 0.4) is 0 Å². The summed E-state index contributed by atoms with van der Waals surface area (Å²) >= 11 is 0. The first-order chi connectivity index (χ1) is 18.7. The molecular formula is C36H27P2+. The molecular weight excluding hydrogens is 494 g/mol. The third-order valence-electron chi connectivity index (χ3n) is 8.48. The van der Waals surface area contributed by atoms with Crippen molar-refractivity contribution >= 4 is 63.4 Å². The molecule has 7 aromatic rings. The number of hydrogen-bond donors (Lipinski definition) is 0. The van der Waals surface area contributed by atoms with E-state index in [0.29, 0.717) is 0 Å². The van der Waals surface area contributed by atoms with Crippen molar-refractivity contribution in [1.29, 1.82) is 0 Å². The fraction of sp³-hybridized carbons (Fsp3) is 0.0833. The molecule has 0 aliphatic heterocycles. The number of allylic oxidation sites excluding steroid dienone is 1. The summed E-state index contributed by atoms with van der Waals surface area (Å²) in [5, 5.41) is 13.6. The second-order valence-electron chi connectivity index (χ2n) is 10.5. The van der Waals surface area contributed by atoms with Crippen LogP contribution in [0.15, 0.2) is 109 Å². The van der Waals surface area contributed by atoms with Crippen molar-refractivity contribution in [2.45, 2.75) is 6.42 Å². The van der Waals surface area contributed by atoms with Gasteiger partial charge in [0.05, 0.1) is 0 Å². The summed E-state index contributed by atoms with van der Waals surface area (Å²) in [4.78, 5) is 0. The Bertz CT molecular complexity index is 2100. The number of hydrogen-bond acceptors (Lipinski definition) is 0. The highest BCUT2D eigenvalue weighted by molar-refractivity contribution is 7.59. The lowest BCUT2D eigenvalue weighted by molar-refractivity contribution is 1.33. The van der Waals surface area contributed by atoms with E-state index in [0.717, 1.165) is 6.42 Å². The van der Waals surface area contributed by atoms with Gasteiger partial charge in [-0.3, -0.25) is 0 Å². The lowest BCUT2D eigenvalue weighted by atomic mass is 9.92. The molecule has 0 N–H and O–H groups in total. The normalized spacial score (nSPS) is 13.7. The number of aryl methyl sites for hydroxylation is 2. The molecule has 0 saturated heterocycles. The van der Waals surface area contributed by atoms with Gasteiger partial charge in [-0.05, 0) is 87.4 Å². The average Bonchev–Trinajstić information content (AvgIpc) is 3.27. The van der Waals surface area contributed by atoms with Crippen LogP contribution in [0.4, 0.5) is 0 Å². The van der Waals surface area contributed by atoms with Crippen molar-refractivity contribution < 1.29 is 0 Å². The van der Waals surface area contributed by atoms with Gasteiger partial charge in [0.25, 0.3) is 0 Å². The standard InChI is InChI=1S/C36H27P2/c1-37-31-15-9-14-29-35-28-19-17-26(24-12-7-4-8-13-24)21-33(28)38(2)34(35)22-30(36(29)31)27-18-16-25(20-32(27)37)23-10-5-3-6-11-23/h3-13,15-22H,14H2,1-2H3/q+1. The maximum Gasteiger partial charge on any atom is 0.157 e. The van der Waals surface area contributed by atoms with Crippen molar-refractivity contribution in [3.8, 4) is 22.3 Å². The molecule has 2 aromatic heterocycles. The van der Waals surface area contributed by atoms with Gasteiger partial charge in [-0.15, -0.1) is 7.53 Å². The van der Waals surface area contributed by atoms with Gasteiger partial charge in [0.15, 0.2) is 10.4 Å². The minimum Gasteiger partial charge on any atom is -0.112 e. The van der Waals surface area contributed by atoms with Crippen LogP contribution < -0.4 is 0 Å². The van der Waals surface area contributed by atoms with Gasteiger partial charge in [-0.2, -0.15) is 0 Å². The van der Waals surface area contributed by atoms with E-state index in [1.807, 2.05) is 0 Å². The molecule has 0 saturated carbocycles. The van der Waals surface area contributed by atoms with Gasteiger partial charge >= 0.3 is 0 Å². The van der Waals surface area contributed by atoms with Crippen LogP contribution in [0.2, 0.25) is 0 Å². The van der Waals surface area contributed by atoms with E-state index in [2.05, 4.69) is 129 Å². The van der Waals surface area contributed by atoms with E-state index >= 15 is 0 Å². The van der Waals surface area contributed by atoms with Crippen molar-refractivity contribution in [1.82, 2.24) is 0 Å². The zero-order valence-corrected chi connectivity index (χ0v) is 23.4. The van der Waals surface area contributed by atoms with E-state index in [4.69, 9.17) is 0 Å². The third-order valence-corrected chi connectivity index (χ3v) is 12.8. The number of benzene rings is 5. The molecule has 5 aromatic carbocycles.